The lowest BCUT2D eigenvalue weighted by Gasteiger charge is -2.14. The summed E-state index contributed by atoms with van der Waals surface area (Å²) < 4.78 is 16.0. The minimum atomic E-state index is -0.0556. The van der Waals surface area contributed by atoms with Crippen molar-refractivity contribution in [3.05, 3.63) is 11.9 Å². The monoisotopic (exact) mass is 255 g/mol. The predicted octanol–water partition coefficient (Wildman–Crippen LogP) is 1.47. The number of aromatic nitrogens is 2. The Morgan fingerprint density at radius 2 is 2.17 bits per heavy atom. The highest BCUT2D eigenvalue weighted by Crippen LogP contribution is 2.15. The molecule has 0 amide bonds. The van der Waals surface area contributed by atoms with Gasteiger partial charge >= 0.3 is 0 Å². The summed E-state index contributed by atoms with van der Waals surface area (Å²) in [5.41, 5.74) is 0. The second-order valence-electron chi connectivity index (χ2n) is 3.78. The average Bonchev–Trinajstić information content (AvgIpc) is 2.36. The maximum atomic E-state index is 5.67. The molecule has 0 saturated carbocycles. The van der Waals surface area contributed by atoms with Crippen molar-refractivity contribution in [2.45, 2.75) is 26.6 Å². The highest BCUT2D eigenvalue weighted by Gasteiger charge is 2.09. The van der Waals surface area contributed by atoms with Crippen LogP contribution in [0, 0.1) is 0 Å². The summed E-state index contributed by atoms with van der Waals surface area (Å²) in [4.78, 5) is 8.52. The van der Waals surface area contributed by atoms with Crippen LogP contribution >= 0.6 is 0 Å². The van der Waals surface area contributed by atoms with Gasteiger partial charge in [-0.05, 0) is 13.8 Å². The molecule has 0 aliphatic heterocycles. The van der Waals surface area contributed by atoms with Gasteiger partial charge in [-0.2, -0.15) is 4.98 Å². The molecule has 1 aromatic rings. The number of nitrogens with zero attached hydrogens (tertiary/aromatic N) is 2. The van der Waals surface area contributed by atoms with Gasteiger partial charge in [0, 0.05) is 26.8 Å². The molecule has 0 aromatic carbocycles. The molecule has 102 valence electrons. The predicted molar refractivity (Wildman–Crippen MR) is 68.9 cm³/mol. The number of methoxy groups -OCH3 is 1. The lowest BCUT2D eigenvalue weighted by Crippen LogP contribution is -2.20. The van der Waals surface area contributed by atoms with Crippen LogP contribution in [0.2, 0.25) is 0 Å². The van der Waals surface area contributed by atoms with Crippen molar-refractivity contribution in [1.82, 2.24) is 9.97 Å². The van der Waals surface area contributed by atoms with Gasteiger partial charge < -0.3 is 19.5 Å². The van der Waals surface area contributed by atoms with E-state index in [1.807, 2.05) is 13.8 Å². The van der Waals surface area contributed by atoms with E-state index in [0.717, 1.165) is 0 Å². The van der Waals surface area contributed by atoms with Crippen LogP contribution in [0.5, 0.6) is 5.88 Å². The molecule has 1 unspecified atom stereocenters. The summed E-state index contributed by atoms with van der Waals surface area (Å²) in [5.74, 6) is 1.81. The second kappa shape index (κ2) is 7.84. The molecule has 6 heteroatoms. The summed E-state index contributed by atoms with van der Waals surface area (Å²) in [6.07, 6.45) is -0.0556. The Hall–Kier alpha value is -1.40. The summed E-state index contributed by atoms with van der Waals surface area (Å²) in [6, 6.07) is 1.75. The Morgan fingerprint density at radius 1 is 1.39 bits per heavy atom. The van der Waals surface area contributed by atoms with Crippen LogP contribution in [0.1, 0.15) is 19.7 Å². The van der Waals surface area contributed by atoms with E-state index in [9.17, 15) is 0 Å². The fourth-order valence-electron chi connectivity index (χ4n) is 1.38. The van der Waals surface area contributed by atoms with Gasteiger partial charge in [0.05, 0.1) is 6.61 Å². The molecule has 0 bridgehead atoms. The zero-order chi connectivity index (χ0) is 13.4. The third-order valence-corrected chi connectivity index (χ3v) is 2.16. The van der Waals surface area contributed by atoms with Crippen LogP contribution < -0.4 is 10.1 Å². The van der Waals surface area contributed by atoms with E-state index < -0.39 is 0 Å². The van der Waals surface area contributed by atoms with E-state index in [0.29, 0.717) is 37.3 Å². The Labute approximate surface area is 108 Å². The number of hydrogen-bond acceptors (Lipinski definition) is 6. The summed E-state index contributed by atoms with van der Waals surface area (Å²) in [7, 11) is 3.40. The van der Waals surface area contributed by atoms with E-state index in [-0.39, 0.29) is 6.10 Å². The average molecular weight is 255 g/mol. The first-order chi connectivity index (χ1) is 8.69. The molecule has 1 N–H and O–H groups in total. The minimum Gasteiger partial charge on any atom is -0.472 e. The smallest absolute Gasteiger partial charge is 0.219 e. The first kappa shape index (κ1) is 14.7. The summed E-state index contributed by atoms with van der Waals surface area (Å²) >= 11 is 0. The van der Waals surface area contributed by atoms with E-state index in [1.54, 1.807) is 20.2 Å². The fourth-order valence-corrected chi connectivity index (χ4v) is 1.38. The van der Waals surface area contributed by atoms with E-state index in [4.69, 9.17) is 14.2 Å². The maximum Gasteiger partial charge on any atom is 0.219 e. The van der Waals surface area contributed by atoms with Gasteiger partial charge in [-0.15, -0.1) is 0 Å². The van der Waals surface area contributed by atoms with Crippen LogP contribution in [-0.2, 0) is 16.1 Å². The van der Waals surface area contributed by atoms with Gasteiger partial charge in [-0.1, -0.05) is 0 Å². The number of ether oxygens (including phenoxy) is 3. The summed E-state index contributed by atoms with van der Waals surface area (Å²) in [5, 5.41) is 2.96. The van der Waals surface area contributed by atoms with Gasteiger partial charge in [0.1, 0.15) is 18.5 Å². The fraction of sp³-hybridized carbons (Fsp3) is 0.667. The summed E-state index contributed by atoms with van der Waals surface area (Å²) in [6.45, 7) is 5.45. The third-order valence-electron chi connectivity index (χ3n) is 2.16. The van der Waals surface area contributed by atoms with Crippen LogP contribution in [0.3, 0.4) is 0 Å². The molecular weight excluding hydrogens is 234 g/mol. The lowest BCUT2D eigenvalue weighted by molar-refractivity contribution is 0.0628. The van der Waals surface area contributed by atoms with Crippen LogP contribution in [0.15, 0.2) is 6.07 Å². The standard InChI is InChI=1S/C12H21N3O3/c1-5-17-7-9(2)18-12-6-10(13-3)14-11(15-12)8-16-4/h6,9H,5,7-8H2,1-4H3,(H,13,14,15). The molecule has 18 heavy (non-hydrogen) atoms. The van der Waals surface area contributed by atoms with Crippen molar-refractivity contribution in [2.75, 3.05) is 32.7 Å². The largest absolute Gasteiger partial charge is 0.472 e. The number of hydrogen-bond donors (Lipinski definition) is 1. The van der Waals surface area contributed by atoms with E-state index >= 15 is 0 Å². The number of rotatable bonds is 8. The van der Waals surface area contributed by atoms with Crippen molar-refractivity contribution in [3.63, 3.8) is 0 Å². The molecule has 1 aromatic heterocycles. The topological polar surface area (TPSA) is 65.5 Å². The zero-order valence-corrected chi connectivity index (χ0v) is 11.4. The SMILES string of the molecule is CCOCC(C)Oc1cc(NC)nc(COC)n1. The van der Waals surface area contributed by atoms with Gasteiger partial charge in [0.2, 0.25) is 5.88 Å². The molecule has 1 rings (SSSR count). The quantitative estimate of drug-likeness (QED) is 0.759. The molecule has 0 saturated heterocycles. The van der Waals surface area contributed by atoms with Crippen LogP contribution in [-0.4, -0.2) is 43.4 Å². The molecule has 0 fully saturated rings. The van der Waals surface area contributed by atoms with E-state index in [2.05, 4.69) is 15.3 Å². The normalized spacial score (nSPS) is 12.2. The van der Waals surface area contributed by atoms with Gasteiger partial charge in [-0.3, -0.25) is 0 Å². The van der Waals surface area contributed by atoms with Crippen molar-refractivity contribution in [3.8, 4) is 5.88 Å². The van der Waals surface area contributed by atoms with Crippen molar-refractivity contribution >= 4 is 5.82 Å². The molecule has 1 atom stereocenters. The van der Waals surface area contributed by atoms with Crippen LogP contribution in [0.4, 0.5) is 5.82 Å². The van der Waals surface area contributed by atoms with Crippen LogP contribution in [0.25, 0.3) is 0 Å². The first-order valence-corrected chi connectivity index (χ1v) is 5.98. The van der Waals surface area contributed by atoms with Crippen molar-refractivity contribution in [1.29, 1.82) is 0 Å². The van der Waals surface area contributed by atoms with Gasteiger partial charge in [0.25, 0.3) is 0 Å². The number of anilines is 1. The highest BCUT2D eigenvalue weighted by atomic mass is 16.5. The van der Waals surface area contributed by atoms with Crippen molar-refractivity contribution < 1.29 is 14.2 Å². The molecule has 0 aliphatic rings. The Kier molecular flexibility index (Phi) is 6.38. The Morgan fingerprint density at radius 3 is 2.78 bits per heavy atom. The molecule has 0 radical (unpaired) electrons. The third kappa shape index (κ3) is 4.85. The zero-order valence-electron chi connectivity index (χ0n) is 11.4. The van der Waals surface area contributed by atoms with Gasteiger partial charge in [0.15, 0.2) is 5.82 Å². The Balaban J connectivity index is 2.71. The van der Waals surface area contributed by atoms with Crippen molar-refractivity contribution in [2.24, 2.45) is 0 Å². The molecule has 0 aliphatic carbocycles. The number of nitrogens with one attached hydrogen (secondary N) is 1. The maximum absolute atomic E-state index is 5.67. The molecule has 6 nitrogen and oxygen atoms in total. The van der Waals surface area contributed by atoms with Gasteiger partial charge in [-0.25, -0.2) is 4.98 Å². The highest BCUT2D eigenvalue weighted by molar-refractivity contribution is 5.37. The first-order valence-electron chi connectivity index (χ1n) is 5.98. The molecular formula is C12H21N3O3. The van der Waals surface area contributed by atoms with E-state index in [1.165, 1.54) is 0 Å². The lowest BCUT2D eigenvalue weighted by atomic mass is 10.4. The molecule has 0 spiro atoms. The Bertz CT molecular complexity index is 360. The minimum absolute atomic E-state index is 0.0556. The molecule has 1 heterocycles. The second-order valence-corrected chi connectivity index (χ2v) is 3.78.